The molecule has 14 heavy (non-hydrogen) atoms. The molecule has 0 radical (unpaired) electrons. The van der Waals surface area contributed by atoms with Crippen LogP contribution in [0.4, 0.5) is 13.2 Å². The molecule has 0 unspecified atom stereocenters. The summed E-state index contributed by atoms with van der Waals surface area (Å²) in [5.74, 6) is 0. The Morgan fingerprint density at radius 1 is 1.36 bits per heavy atom. The second kappa shape index (κ2) is 4.23. The maximum absolute atomic E-state index is 12.1. The van der Waals surface area contributed by atoms with Gasteiger partial charge < -0.3 is 5.73 Å². The highest BCUT2D eigenvalue weighted by molar-refractivity contribution is 8.00. The van der Waals surface area contributed by atoms with Crippen LogP contribution in [-0.2, 0) is 6.54 Å². The third-order valence-electron chi connectivity index (χ3n) is 1.67. The lowest BCUT2D eigenvalue weighted by Crippen LogP contribution is -2.04. The van der Waals surface area contributed by atoms with Gasteiger partial charge in [0.25, 0.3) is 0 Å². The molecular weight excluding hydrogens is 211 g/mol. The number of alkyl halides is 3. The molecule has 0 heterocycles. The van der Waals surface area contributed by atoms with E-state index >= 15 is 0 Å². The molecule has 1 rings (SSSR count). The lowest BCUT2D eigenvalue weighted by atomic mass is 10.1. The fourth-order valence-electron chi connectivity index (χ4n) is 1.05. The van der Waals surface area contributed by atoms with Crippen LogP contribution in [0.3, 0.4) is 0 Å². The van der Waals surface area contributed by atoms with Crippen LogP contribution in [0.5, 0.6) is 0 Å². The second-order valence-electron chi connectivity index (χ2n) is 2.86. The summed E-state index contributed by atoms with van der Waals surface area (Å²) in [6, 6.07) is 4.88. The van der Waals surface area contributed by atoms with E-state index < -0.39 is 5.51 Å². The Labute approximate surface area is 84.5 Å². The summed E-state index contributed by atoms with van der Waals surface area (Å²) < 4.78 is 36.3. The van der Waals surface area contributed by atoms with Crippen molar-refractivity contribution in [1.82, 2.24) is 0 Å². The maximum Gasteiger partial charge on any atom is 0.446 e. The van der Waals surface area contributed by atoms with E-state index in [4.69, 9.17) is 5.73 Å². The largest absolute Gasteiger partial charge is 0.446 e. The summed E-state index contributed by atoms with van der Waals surface area (Å²) >= 11 is -0.114. The van der Waals surface area contributed by atoms with Crippen molar-refractivity contribution in [2.45, 2.75) is 23.9 Å². The van der Waals surface area contributed by atoms with Gasteiger partial charge in [0.2, 0.25) is 0 Å². The minimum absolute atomic E-state index is 0.114. The third kappa shape index (κ3) is 3.23. The lowest BCUT2D eigenvalue weighted by molar-refractivity contribution is -0.0328. The summed E-state index contributed by atoms with van der Waals surface area (Å²) in [6.45, 7) is 1.87. The van der Waals surface area contributed by atoms with Gasteiger partial charge in [-0.3, -0.25) is 0 Å². The van der Waals surface area contributed by atoms with Gasteiger partial charge in [0.05, 0.1) is 0 Å². The molecule has 0 bridgehead atoms. The van der Waals surface area contributed by atoms with Crippen molar-refractivity contribution in [1.29, 1.82) is 0 Å². The number of thioether (sulfide) groups is 1. The molecule has 78 valence electrons. The topological polar surface area (TPSA) is 26.0 Å². The zero-order valence-corrected chi connectivity index (χ0v) is 8.38. The summed E-state index contributed by atoms with van der Waals surface area (Å²) in [7, 11) is 0. The van der Waals surface area contributed by atoms with E-state index in [9.17, 15) is 13.2 Å². The van der Waals surface area contributed by atoms with Gasteiger partial charge in [-0.25, -0.2) is 0 Å². The van der Waals surface area contributed by atoms with Crippen LogP contribution in [0.25, 0.3) is 0 Å². The molecule has 0 spiro atoms. The molecule has 0 saturated heterocycles. The van der Waals surface area contributed by atoms with Gasteiger partial charge in [-0.15, -0.1) is 0 Å². The minimum atomic E-state index is -4.25. The molecule has 0 aromatic heterocycles. The molecule has 2 N–H and O–H groups in total. The van der Waals surface area contributed by atoms with Gasteiger partial charge in [-0.1, -0.05) is 12.1 Å². The number of hydrogen-bond donors (Lipinski definition) is 1. The van der Waals surface area contributed by atoms with E-state index in [0.717, 1.165) is 5.56 Å². The summed E-state index contributed by atoms with van der Waals surface area (Å²) in [6.07, 6.45) is 0. The number of hydrogen-bond acceptors (Lipinski definition) is 2. The highest BCUT2D eigenvalue weighted by Crippen LogP contribution is 2.38. The standard InChI is InChI=1S/C9H10F3NS/c1-6-2-3-7(5-13)8(4-6)14-9(10,11)12/h2-4H,5,13H2,1H3. The molecule has 1 aromatic carbocycles. The highest BCUT2D eigenvalue weighted by atomic mass is 32.2. The first-order chi connectivity index (χ1) is 6.42. The Hall–Kier alpha value is -0.680. The van der Waals surface area contributed by atoms with E-state index in [2.05, 4.69) is 0 Å². The maximum atomic E-state index is 12.1. The minimum Gasteiger partial charge on any atom is -0.326 e. The number of benzene rings is 1. The first-order valence-corrected chi connectivity index (χ1v) is 4.79. The van der Waals surface area contributed by atoms with E-state index in [1.165, 1.54) is 6.07 Å². The molecule has 0 saturated carbocycles. The fraction of sp³-hybridized carbons (Fsp3) is 0.333. The average Bonchev–Trinajstić information content (AvgIpc) is 2.01. The van der Waals surface area contributed by atoms with E-state index in [1.54, 1.807) is 19.1 Å². The lowest BCUT2D eigenvalue weighted by Gasteiger charge is -2.10. The molecule has 1 aromatic rings. The predicted molar refractivity (Wildman–Crippen MR) is 51.0 cm³/mol. The molecule has 1 nitrogen and oxygen atoms in total. The molecule has 0 aliphatic carbocycles. The third-order valence-corrected chi connectivity index (χ3v) is 2.50. The van der Waals surface area contributed by atoms with Crippen molar-refractivity contribution in [2.24, 2.45) is 5.73 Å². The Morgan fingerprint density at radius 3 is 2.50 bits per heavy atom. The van der Waals surface area contributed by atoms with Crippen LogP contribution >= 0.6 is 11.8 Å². The number of aryl methyl sites for hydroxylation is 1. The van der Waals surface area contributed by atoms with Crippen molar-refractivity contribution in [3.8, 4) is 0 Å². The van der Waals surface area contributed by atoms with Gasteiger partial charge in [0, 0.05) is 11.4 Å². The highest BCUT2D eigenvalue weighted by Gasteiger charge is 2.30. The van der Waals surface area contributed by atoms with Gasteiger partial charge in [-0.2, -0.15) is 13.2 Å². The van der Waals surface area contributed by atoms with Crippen molar-refractivity contribution in [3.63, 3.8) is 0 Å². The molecule has 5 heteroatoms. The number of rotatable bonds is 2. The summed E-state index contributed by atoms with van der Waals surface area (Å²) in [5.41, 5.74) is 2.41. The Balaban J connectivity index is 2.99. The van der Waals surface area contributed by atoms with E-state index in [1.807, 2.05) is 0 Å². The van der Waals surface area contributed by atoms with Crippen LogP contribution in [0.2, 0.25) is 0 Å². The van der Waals surface area contributed by atoms with E-state index in [-0.39, 0.29) is 23.2 Å². The van der Waals surface area contributed by atoms with Crippen LogP contribution in [-0.4, -0.2) is 5.51 Å². The average molecular weight is 221 g/mol. The molecule has 0 amide bonds. The molecule has 0 aliphatic heterocycles. The molecule has 0 fully saturated rings. The van der Waals surface area contributed by atoms with Crippen molar-refractivity contribution < 1.29 is 13.2 Å². The van der Waals surface area contributed by atoms with Crippen molar-refractivity contribution in [3.05, 3.63) is 29.3 Å². The SMILES string of the molecule is Cc1ccc(CN)c(SC(F)(F)F)c1. The summed E-state index contributed by atoms with van der Waals surface area (Å²) in [4.78, 5) is 0.194. The normalized spacial score (nSPS) is 11.8. The van der Waals surface area contributed by atoms with Crippen LogP contribution < -0.4 is 5.73 Å². The first kappa shape index (κ1) is 11.4. The zero-order chi connectivity index (χ0) is 10.8. The van der Waals surface area contributed by atoms with Gasteiger partial charge in [0.15, 0.2) is 0 Å². The monoisotopic (exact) mass is 221 g/mol. The quantitative estimate of drug-likeness (QED) is 0.777. The van der Waals surface area contributed by atoms with Crippen LogP contribution in [0, 0.1) is 6.92 Å². The molecule has 0 atom stereocenters. The predicted octanol–water partition coefficient (Wildman–Crippen LogP) is 3.07. The smallest absolute Gasteiger partial charge is 0.326 e. The fourth-order valence-corrected chi connectivity index (χ4v) is 1.83. The van der Waals surface area contributed by atoms with Gasteiger partial charge in [0.1, 0.15) is 0 Å². The summed E-state index contributed by atoms with van der Waals surface area (Å²) in [5, 5.41) is 0. The van der Waals surface area contributed by atoms with Gasteiger partial charge >= 0.3 is 5.51 Å². The number of halogens is 3. The van der Waals surface area contributed by atoms with Crippen molar-refractivity contribution >= 4 is 11.8 Å². The van der Waals surface area contributed by atoms with Crippen LogP contribution in [0.15, 0.2) is 23.1 Å². The Kier molecular flexibility index (Phi) is 3.44. The zero-order valence-electron chi connectivity index (χ0n) is 7.56. The van der Waals surface area contributed by atoms with Gasteiger partial charge in [-0.05, 0) is 35.9 Å². The Morgan fingerprint density at radius 2 is 2.00 bits per heavy atom. The molecule has 0 aliphatic rings. The number of nitrogens with two attached hydrogens (primary N) is 1. The van der Waals surface area contributed by atoms with E-state index in [0.29, 0.717) is 5.56 Å². The second-order valence-corrected chi connectivity index (χ2v) is 3.97. The van der Waals surface area contributed by atoms with Crippen LogP contribution in [0.1, 0.15) is 11.1 Å². The molecular formula is C9H10F3NS. The Bertz CT molecular complexity index is 322. The van der Waals surface area contributed by atoms with Crippen molar-refractivity contribution in [2.75, 3.05) is 0 Å². The first-order valence-electron chi connectivity index (χ1n) is 3.98.